The summed E-state index contributed by atoms with van der Waals surface area (Å²) in [5.74, 6) is 1.01. The van der Waals surface area contributed by atoms with Crippen molar-refractivity contribution in [1.82, 2.24) is 0 Å². The van der Waals surface area contributed by atoms with Crippen LogP contribution in [0.3, 0.4) is 0 Å². The number of anilines is 2. The summed E-state index contributed by atoms with van der Waals surface area (Å²) in [6, 6.07) is 10.3. The maximum absolute atomic E-state index is 12.9. The largest absolute Gasteiger partial charge is 0.490 e. The zero-order chi connectivity index (χ0) is 21.9. The van der Waals surface area contributed by atoms with E-state index in [4.69, 9.17) is 14.2 Å². The third-order valence-electron chi connectivity index (χ3n) is 4.05. The van der Waals surface area contributed by atoms with Crippen LogP contribution in [-0.2, 0) is 4.79 Å². The van der Waals surface area contributed by atoms with Crippen molar-refractivity contribution in [1.29, 1.82) is 0 Å². The van der Waals surface area contributed by atoms with E-state index < -0.39 is 0 Å². The summed E-state index contributed by atoms with van der Waals surface area (Å²) in [4.78, 5) is 24.7. The monoisotopic (exact) mass is 414 g/mol. The minimum absolute atomic E-state index is 0.0600. The Balaban J connectivity index is 2.26. The minimum Gasteiger partial charge on any atom is -0.490 e. The van der Waals surface area contributed by atoms with Gasteiger partial charge in [0.25, 0.3) is 5.91 Å². The summed E-state index contributed by atoms with van der Waals surface area (Å²) in [5, 5.41) is 5.67. The van der Waals surface area contributed by atoms with Crippen LogP contribution >= 0.6 is 0 Å². The summed E-state index contributed by atoms with van der Waals surface area (Å²) >= 11 is 0. The van der Waals surface area contributed by atoms with E-state index in [1.54, 1.807) is 36.4 Å². The van der Waals surface area contributed by atoms with Gasteiger partial charge in [-0.1, -0.05) is 13.0 Å². The molecular formula is C23H30N2O5. The standard InChI is InChI=1S/C23H30N2O5/c1-5-10-21(26)24-17-11-9-12-18(15-17)25-23(27)16-13-19(28-6-2)22(30-8-4)20(14-16)29-7-3/h9,11-15H,5-8,10H2,1-4H3,(H,24,26)(H,25,27). The second-order valence-corrected chi connectivity index (χ2v) is 6.43. The van der Waals surface area contributed by atoms with Crippen molar-refractivity contribution >= 4 is 23.2 Å². The van der Waals surface area contributed by atoms with Gasteiger partial charge in [0.05, 0.1) is 19.8 Å². The first-order valence-corrected chi connectivity index (χ1v) is 10.3. The molecule has 162 valence electrons. The van der Waals surface area contributed by atoms with E-state index in [0.717, 1.165) is 6.42 Å². The summed E-state index contributed by atoms with van der Waals surface area (Å²) in [7, 11) is 0. The van der Waals surface area contributed by atoms with Crippen LogP contribution in [0.1, 0.15) is 50.9 Å². The van der Waals surface area contributed by atoms with Crippen molar-refractivity contribution in [3.63, 3.8) is 0 Å². The zero-order valence-electron chi connectivity index (χ0n) is 18.0. The first-order valence-electron chi connectivity index (χ1n) is 10.3. The maximum atomic E-state index is 12.9. The molecule has 7 heteroatoms. The summed E-state index contributed by atoms with van der Waals surface area (Å²) in [6.07, 6.45) is 1.22. The SMILES string of the molecule is CCCC(=O)Nc1cccc(NC(=O)c2cc(OCC)c(OCC)c(OCC)c2)c1. The van der Waals surface area contributed by atoms with Gasteiger partial charge >= 0.3 is 0 Å². The fourth-order valence-electron chi connectivity index (χ4n) is 2.85. The first kappa shape index (κ1) is 23.1. The first-order chi connectivity index (χ1) is 14.5. The van der Waals surface area contributed by atoms with Crippen molar-refractivity contribution < 1.29 is 23.8 Å². The molecule has 0 fully saturated rings. The summed E-state index contributed by atoms with van der Waals surface area (Å²) < 4.78 is 17.0. The maximum Gasteiger partial charge on any atom is 0.255 e. The summed E-state index contributed by atoms with van der Waals surface area (Å²) in [6.45, 7) is 8.84. The van der Waals surface area contributed by atoms with Crippen LogP contribution in [0.2, 0.25) is 0 Å². The average molecular weight is 415 g/mol. The van der Waals surface area contributed by atoms with Crippen LogP contribution in [0.15, 0.2) is 36.4 Å². The van der Waals surface area contributed by atoms with E-state index in [-0.39, 0.29) is 11.8 Å². The van der Waals surface area contributed by atoms with Crippen LogP contribution in [0.5, 0.6) is 17.2 Å². The van der Waals surface area contributed by atoms with E-state index in [9.17, 15) is 9.59 Å². The summed E-state index contributed by atoms with van der Waals surface area (Å²) in [5.41, 5.74) is 1.58. The number of amides is 2. The Morgan fingerprint density at radius 1 is 0.800 bits per heavy atom. The van der Waals surface area contributed by atoms with Gasteiger partial charge in [-0.15, -0.1) is 0 Å². The molecule has 2 rings (SSSR count). The van der Waals surface area contributed by atoms with Gasteiger partial charge in [0.2, 0.25) is 11.7 Å². The molecule has 2 aromatic rings. The lowest BCUT2D eigenvalue weighted by Gasteiger charge is -2.17. The molecule has 2 aromatic carbocycles. The molecular weight excluding hydrogens is 384 g/mol. The molecule has 0 atom stereocenters. The van der Waals surface area contributed by atoms with Gasteiger partial charge in [0, 0.05) is 23.4 Å². The number of carbonyl (C=O) groups is 2. The van der Waals surface area contributed by atoms with Crippen molar-refractivity contribution in [2.75, 3.05) is 30.5 Å². The second kappa shape index (κ2) is 11.7. The van der Waals surface area contributed by atoms with E-state index in [1.807, 2.05) is 27.7 Å². The number of hydrogen-bond donors (Lipinski definition) is 2. The third-order valence-corrected chi connectivity index (χ3v) is 4.05. The highest BCUT2D eigenvalue weighted by Gasteiger charge is 2.18. The minimum atomic E-state index is -0.322. The van der Waals surface area contributed by atoms with Crippen LogP contribution in [0.4, 0.5) is 11.4 Å². The van der Waals surface area contributed by atoms with Crippen LogP contribution in [-0.4, -0.2) is 31.6 Å². The Hall–Kier alpha value is -3.22. The molecule has 0 spiro atoms. The number of benzene rings is 2. The Labute approximate surface area is 177 Å². The van der Waals surface area contributed by atoms with Gasteiger partial charge in [-0.05, 0) is 57.5 Å². The zero-order valence-corrected chi connectivity index (χ0v) is 18.0. The highest BCUT2D eigenvalue weighted by molar-refractivity contribution is 6.05. The van der Waals surface area contributed by atoms with Crippen molar-refractivity contribution in [3.8, 4) is 17.2 Å². The molecule has 0 aliphatic heterocycles. The number of hydrogen-bond acceptors (Lipinski definition) is 5. The molecule has 0 unspecified atom stereocenters. The smallest absolute Gasteiger partial charge is 0.255 e. The Kier molecular flexibility index (Phi) is 9.00. The molecule has 0 heterocycles. The van der Waals surface area contributed by atoms with Crippen LogP contribution in [0.25, 0.3) is 0 Å². The molecule has 0 bridgehead atoms. The quantitative estimate of drug-likeness (QED) is 0.548. The van der Waals surface area contributed by atoms with Gasteiger partial charge in [-0.3, -0.25) is 9.59 Å². The van der Waals surface area contributed by atoms with Gasteiger partial charge < -0.3 is 24.8 Å². The van der Waals surface area contributed by atoms with E-state index in [2.05, 4.69) is 10.6 Å². The number of nitrogens with one attached hydrogen (secondary N) is 2. The van der Waals surface area contributed by atoms with Crippen molar-refractivity contribution in [3.05, 3.63) is 42.0 Å². The van der Waals surface area contributed by atoms with Gasteiger partial charge in [0.1, 0.15) is 0 Å². The lowest BCUT2D eigenvalue weighted by atomic mass is 10.1. The molecule has 0 saturated heterocycles. The normalized spacial score (nSPS) is 10.3. The molecule has 0 aliphatic carbocycles. The Bertz CT molecular complexity index is 839. The average Bonchev–Trinajstić information content (AvgIpc) is 2.71. The number of carbonyl (C=O) groups excluding carboxylic acids is 2. The predicted molar refractivity (Wildman–Crippen MR) is 118 cm³/mol. The van der Waals surface area contributed by atoms with Gasteiger partial charge in [-0.25, -0.2) is 0 Å². The molecule has 0 radical (unpaired) electrons. The highest BCUT2D eigenvalue weighted by atomic mass is 16.5. The number of rotatable bonds is 11. The highest BCUT2D eigenvalue weighted by Crippen LogP contribution is 2.39. The molecule has 0 saturated carbocycles. The van der Waals surface area contributed by atoms with Crippen molar-refractivity contribution in [2.45, 2.75) is 40.5 Å². The van der Waals surface area contributed by atoms with Gasteiger partial charge in [-0.2, -0.15) is 0 Å². The van der Waals surface area contributed by atoms with Crippen molar-refractivity contribution in [2.24, 2.45) is 0 Å². The van der Waals surface area contributed by atoms with Crippen LogP contribution < -0.4 is 24.8 Å². The predicted octanol–water partition coefficient (Wildman–Crippen LogP) is 4.87. The van der Waals surface area contributed by atoms with E-state index in [0.29, 0.717) is 60.4 Å². The van der Waals surface area contributed by atoms with E-state index in [1.165, 1.54) is 0 Å². The molecule has 30 heavy (non-hydrogen) atoms. The lowest BCUT2D eigenvalue weighted by molar-refractivity contribution is -0.116. The van der Waals surface area contributed by atoms with E-state index >= 15 is 0 Å². The van der Waals surface area contributed by atoms with Crippen LogP contribution in [0, 0.1) is 0 Å². The Morgan fingerprint density at radius 3 is 1.90 bits per heavy atom. The van der Waals surface area contributed by atoms with Gasteiger partial charge in [0.15, 0.2) is 11.5 Å². The Morgan fingerprint density at radius 2 is 1.37 bits per heavy atom. The molecule has 2 amide bonds. The fourth-order valence-corrected chi connectivity index (χ4v) is 2.85. The lowest BCUT2D eigenvalue weighted by Crippen LogP contribution is -2.14. The fraction of sp³-hybridized carbons (Fsp3) is 0.391. The number of ether oxygens (including phenoxy) is 3. The third kappa shape index (κ3) is 6.40. The molecule has 7 nitrogen and oxygen atoms in total. The molecule has 0 aromatic heterocycles. The molecule has 0 aliphatic rings. The molecule has 2 N–H and O–H groups in total. The topological polar surface area (TPSA) is 85.9 Å². The second-order valence-electron chi connectivity index (χ2n) is 6.43.